The highest BCUT2D eigenvalue weighted by Gasteiger charge is 2.64. The van der Waals surface area contributed by atoms with E-state index in [1.807, 2.05) is 0 Å². The average Bonchev–Trinajstić information content (AvgIpc) is 3.47. The molecule has 3 fully saturated rings. The van der Waals surface area contributed by atoms with E-state index in [0.29, 0.717) is 5.92 Å². The third-order valence-corrected chi connectivity index (χ3v) is 11.8. The number of H-pyrrole nitrogens is 1. The molecule has 1 saturated heterocycles. The molecule has 0 amide bonds. The first-order chi connectivity index (χ1) is 19.9. The molecule has 2 saturated carbocycles. The maximum atomic E-state index is 13.7. The summed E-state index contributed by atoms with van der Waals surface area (Å²) in [6.45, 7) is 7.70. The Morgan fingerprint density at radius 3 is 2.57 bits per heavy atom. The number of nitrogens with one attached hydrogen (secondary N) is 1. The summed E-state index contributed by atoms with van der Waals surface area (Å²) >= 11 is 0. The van der Waals surface area contributed by atoms with E-state index < -0.39 is 49.0 Å². The van der Waals surface area contributed by atoms with Crippen LogP contribution in [0.4, 0.5) is 0 Å². The number of ketones is 1. The number of aromatic nitrogens is 1. The zero-order valence-corrected chi connectivity index (χ0v) is 24.7. The number of fused-ring (bicyclic) bond motifs is 9. The van der Waals surface area contributed by atoms with E-state index in [4.69, 9.17) is 14.2 Å². The molecule has 228 valence electrons. The summed E-state index contributed by atoms with van der Waals surface area (Å²) in [6.07, 6.45) is -1.46. The van der Waals surface area contributed by atoms with Crippen LogP contribution in [0, 0.1) is 17.3 Å². The highest BCUT2D eigenvalue weighted by atomic mass is 16.7. The van der Waals surface area contributed by atoms with Gasteiger partial charge in [0.05, 0.1) is 18.3 Å². The van der Waals surface area contributed by atoms with E-state index in [1.54, 1.807) is 19.9 Å². The fourth-order valence-electron chi connectivity index (χ4n) is 9.34. The molecular weight excluding hydrogens is 538 g/mol. The molecule has 0 spiro atoms. The molecule has 1 aromatic carbocycles. The molecule has 2 aromatic rings. The Labute approximate surface area is 245 Å². The van der Waals surface area contributed by atoms with Crippen molar-refractivity contribution in [1.82, 2.24) is 4.98 Å². The quantitative estimate of drug-likeness (QED) is 0.371. The lowest BCUT2D eigenvalue weighted by atomic mass is 9.44. The number of aromatic amines is 1. The van der Waals surface area contributed by atoms with E-state index in [-0.39, 0.29) is 28.6 Å². The highest BCUT2D eigenvalue weighted by Crippen LogP contribution is 2.67. The van der Waals surface area contributed by atoms with Gasteiger partial charge in [-0.3, -0.25) is 4.79 Å². The van der Waals surface area contributed by atoms with Gasteiger partial charge in [-0.25, -0.2) is 0 Å². The van der Waals surface area contributed by atoms with Crippen molar-refractivity contribution in [2.24, 2.45) is 17.3 Å². The summed E-state index contributed by atoms with van der Waals surface area (Å²) in [7, 11) is 0. The van der Waals surface area contributed by atoms with Gasteiger partial charge in [-0.05, 0) is 86.5 Å². The molecule has 9 nitrogen and oxygen atoms in total. The number of carbonyl (C=O) groups is 1. The van der Waals surface area contributed by atoms with Gasteiger partial charge in [-0.2, -0.15) is 0 Å². The third-order valence-electron chi connectivity index (χ3n) is 11.8. The Hall–Kier alpha value is -2.11. The number of carbonyl (C=O) groups excluding carboxylic acids is 1. The van der Waals surface area contributed by atoms with Crippen molar-refractivity contribution in [2.75, 3.05) is 6.61 Å². The molecule has 1 aromatic heterocycles. The summed E-state index contributed by atoms with van der Waals surface area (Å²) < 4.78 is 18.2. The first-order valence-electron chi connectivity index (χ1n) is 15.4. The monoisotopic (exact) mass is 581 g/mol. The summed E-state index contributed by atoms with van der Waals surface area (Å²) in [5, 5.41) is 41.8. The molecule has 9 heteroatoms. The third kappa shape index (κ3) is 3.84. The lowest BCUT2D eigenvalue weighted by Gasteiger charge is -2.61. The Bertz CT molecular complexity index is 1430. The average molecular weight is 582 g/mol. The molecule has 0 radical (unpaired) electrons. The fourth-order valence-corrected chi connectivity index (χ4v) is 9.34. The van der Waals surface area contributed by atoms with E-state index >= 15 is 0 Å². The molecule has 0 unspecified atom stereocenters. The second-order valence-corrected chi connectivity index (χ2v) is 14.2. The Kier molecular flexibility index (Phi) is 6.61. The van der Waals surface area contributed by atoms with Crippen LogP contribution < -0.4 is 0 Å². The van der Waals surface area contributed by atoms with Crippen LogP contribution in [-0.4, -0.2) is 86.3 Å². The van der Waals surface area contributed by atoms with Gasteiger partial charge in [0.15, 0.2) is 12.1 Å². The number of benzene rings is 1. The van der Waals surface area contributed by atoms with Crippen LogP contribution in [0.2, 0.25) is 0 Å². The van der Waals surface area contributed by atoms with Crippen molar-refractivity contribution in [1.29, 1.82) is 0 Å². The number of para-hydroxylation sites is 1. The number of hydrogen-bond acceptors (Lipinski definition) is 8. The number of aliphatic hydroxyl groups is 4. The highest BCUT2D eigenvalue weighted by molar-refractivity contribution is 5.96. The smallest absolute Gasteiger partial charge is 0.187 e. The predicted octanol–water partition coefficient (Wildman–Crippen LogP) is 2.67. The number of aliphatic hydroxyl groups excluding tert-OH is 4. The van der Waals surface area contributed by atoms with Crippen LogP contribution in [0.15, 0.2) is 35.9 Å². The van der Waals surface area contributed by atoms with Gasteiger partial charge < -0.3 is 39.6 Å². The van der Waals surface area contributed by atoms with Gasteiger partial charge in [0.25, 0.3) is 0 Å². The minimum Gasteiger partial charge on any atom is -0.394 e. The topological polar surface area (TPSA) is 141 Å². The van der Waals surface area contributed by atoms with Crippen LogP contribution in [0.3, 0.4) is 0 Å². The summed E-state index contributed by atoms with van der Waals surface area (Å²) in [6, 6.07) is 8.59. The molecule has 0 bridgehead atoms. The number of hydrogen-bond donors (Lipinski definition) is 5. The predicted molar refractivity (Wildman–Crippen MR) is 154 cm³/mol. The van der Waals surface area contributed by atoms with Crippen molar-refractivity contribution < 1.29 is 39.4 Å². The molecule has 2 aliphatic heterocycles. The van der Waals surface area contributed by atoms with Gasteiger partial charge in [-0.1, -0.05) is 32.0 Å². The zero-order valence-electron chi connectivity index (χ0n) is 24.7. The second kappa shape index (κ2) is 9.69. The molecular formula is C33H43NO8. The SMILES string of the molecule is CC(C)(O[C@@H]1O[C@H](CO)[C@@H](O)[C@H](O)[C@@H]1O)[C@H]1O[C@H]2CC[C@@]3(C)[C@@H](CC[C@H]4Cc5c([nH]c6ccccc56)[C@@]43C)C2=CC1=O. The molecule has 5 aliphatic rings. The molecule has 7 rings (SSSR count). The van der Waals surface area contributed by atoms with Gasteiger partial charge >= 0.3 is 0 Å². The summed E-state index contributed by atoms with van der Waals surface area (Å²) in [4.78, 5) is 17.6. The van der Waals surface area contributed by atoms with Crippen LogP contribution in [0.25, 0.3) is 10.9 Å². The maximum Gasteiger partial charge on any atom is 0.187 e. The summed E-state index contributed by atoms with van der Waals surface area (Å²) in [5.41, 5.74) is 3.81. The standard InChI is InChI=1S/C33H43NO8/c1-31(2,42-30-27(39)26(38)25(37)24(15-35)41-30)29-22(36)14-19-20-10-9-16-13-18-17-7-5-6-8-21(17)34-28(18)33(16,4)32(20,3)12-11-23(19)40-29/h5-8,14,16,20,23-27,29-30,34-35,37-39H,9-13,15H2,1-4H3/t16-,20-,23-,24+,25+,26-,27-,29-,30-,32-,33+/m0/s1. The van der Waals surface area contributed by atoms with Crippen molar-refractivity contribution in [3.8, 4) is 0 Å². The van der Waals surface area contributed by atoms with E-state index in [2.05, 4.69) is 43.1 Å². The molecule has 5 N–H and O–H groups in total. The minimum absolute atomic E-state index is 0.0385. The van der Waals surface area contributed by atoms with Gasteiger partial charge in [0.1, 0.15) is 30.5 Å². The lowest BCUT2D eigenvalue weighted by molar-refractivity contribution is -0.332. The zero-order chi connectivity index (χ0) is 29.8. The van der Waals surface area contributed by atoms with Crippen molar-refractivity contribution in [3.05, 3.63) is 47.2 Å². The Morgan fingerprint density at radius 1 is 1.05 bits per heavy atom. The van der Waals surface area contributed by atoms with E-state index in [0.717, 1.165) is 37.7 Å². The first-order valence-corrected chi connectivity index (χ1v) is 15.4. The summed E-state index contributed by atoms with van der Waals surface area (Å²) in [5.74, 6) is 0.583. The maximum absolute atomic E-state index is 13.7. The van der Waals surface area contributed by atoms with Crippen molar-refractivity contribution in [3.63, 3.8) is 0 Å². The fraction of sp³-hybridized carbons (Fsp3) is 0.667. The van der Waals surface area contributed by atoms with E-state index in [1.165, 1.54) is 22.2 Å². The Morgan fingerprint density at radius 2 is 1.81 bits per heavy atom. The van der Waals surface area contributed by atoms with Crippen LogP contribution >= 0.6 is 0 Å². The van der Waals surface area contributed by atoms with Crippen molar-refractivity contribution in [2.45, 2.75) is 114 Å². The minimum atomic E-state index is -1.56. The van der Waals surface area contributed by atoms with Crippen LogP contribution in [0.1, 0.15) is 64.6 Å². The second-order valence-electron chi connectivity index (χ2n) is 14.2. The molecule has 42 heavy (non-hydrogen) atoms. The van der Waals surface area contributed by atoms with Gasteiger partial charge in [0.2, 0.25) is 0 Å². The lowest BCUT2D eigenvalue weighted by Crippen LogP contribution is -2.63. The van der Waals surface area contributed by atoms with Crippen LogP contribution in [0.5, 0.6) is 0 Å². The number of ether oxygens (including phenoxy) is 3. The molecule has 3 aliphatic carbocycles. The number of rotatable bonds is 4. The molecule has 3 heterocycles. The van der Waals surface area contributed by atoms with Crippen molar-refractivity contribution >= 4 is 16.7 Å². The largest absolute Gasteiger partial charge is 0.394 e. The van der Waals surface area contributed by atoms with Gasteiger partial charge in [0, 0.05) is 22.0 Å². The van der Waals surface area contributed by atoms with E-state index in [9.17, 15) is 25.2 Å². The van der Waals surface area contributed by atoms with Gasteiger partial charge in [-0.15, -0.1) is 0 Å². The first kappa shape index (κ1) is 28.6. The molecule has 11 atom stereocenters. The Balaban J connectivity index is 1.16. The van der Waals surface area contributed by atoms with Crippen LogP contribution in [-0.2, 0) is 30.8 Å². The normalized spacial score (nSPS) is 43.4.